The van der Waals surface area contributed by atoms with Crippen LogP contribution in [0.1, 0.15) is 66.8 Å². The number of carbonyl (C=O) groups is 4. The van der Waals surface area contributed by atoms with Gasteiger partial charge in [-0.25, -0.2) is 0 Å². The number of hydrogen-bond acceptors (Lipinski definition) is 9. The molecule has 7 aromatic rings. The predicted octanol–water partition coefficient (Wildman–Crippen LogP) is 8.77. The van der Waals surface area contributed by atoms with Crippen LogP contribution in [-0.4, -0.2) is 69.5 Å². The number of hydrogen-bond donors (Lipinski definition) is 3. The number of nitrogens with one attached hydrogen (secondary N) is 3. The van der Waals surface area contributed by atoms with E-state index >= 15 is 0 Å². The van der Waals surface area contributed by atoms with Gasteiger partial charge in [0.15, 0.2) is 12.2 Å². The van der Waals surface area contributed by atoms with Crippen LogP contribution in [0.5, 0.6) is 0 Å². The fourth-order valence-corrected chi connectivity index (χ4v) is 8.86. The molecule has 1 unspecified atom stereocenters. The van der Waals surface area contributed by atoms with Crippen LogP contribution in [-0.2, 0) is 68.5 Å². The molecule has 4 aromatic carbocycles. The third kappa shape index (κ3) is 9.31. The fraction of sp³-hybridized carbons (Fsp3) is 0.294. The Bertz CT molecular complexity index is 2810. The second-order valence-corrected chi connectivity index (χ2v) is 16.2. The van der Waals surface area contributed by atoms with Crippen molar-refractivity contribution in [3.63, 3.8) is 0 Å². The molecule has 12 heteroatoms. The molecule has 9 rings (SSSR count). The van der Waals surface area contributed by atoms with E-state index in [1.807, 2.05) is 110 Å². The number of ether oxygens (including phenoxy) is 5. The lowest BCUT2D eigenvalue weighted by Crippen LogP contribution is -2.61. The lowest BCUT2D eigenvalue weighted by molar-refractivity contribution is -0.294. The van der Waals surface area contributed by atoms with Gasteiger partial charge < -0.3 is 38.6 Å². The minimum Gasteiger partial charge on any atom is -0.455 e. The van der Waals surface area contributed by atoms with Crippen molar-refractivity contribution >= 4 is 62.2 Å². The van der Waals surface area contributed by atoms with Gasteiger partial charge >= 0.3 is 23.9 Å². The molecule has 1 fully saturated rings. The van der Waals surface area contributed by atoms with E-state index < -0.39 is 54.6 Å². The van der Waals surface area contributed by atoms with E-state index in [0.29, 0.717) is 25.7 Å². The Morgan fingerprint density at radius 2 is 0.952 bits per heavy atom. The number of aromatic amines is 3. The van der Waals surface area contributed by atoms with Crippen LogP contribution < -0.4 is 0 Å². The molecule has 0 spiro atoms. The summed E-state index contributed by atoms with van der Waals surface area (Å²) in [4.78, 5) is 64.9. The maximum atomic E-state index is 13.9. The third-order valence-corrected chi connectivity index (χ3v) is 12.1. The summed E-state index contributed by atoms with van der Waals surface area (Å²) in [5.74, 6) is -2.40. The first-order valence-electron chi connectivity index (χ1n) is 21.6. The van der Waals surface area contributed by atoms with Crippen LogP contribution >= 0.6 is 0 Å². The Labute approximate surface area is 363 Å². The van der Waals surface area contributed by atoms with Gasteiger partial charge in [0.1, 0.15) is 0 Å². The minimum absolute atomic E-state index is 0.0127. The summed E-state index contributed by atoms with van der Waals surface area (Å²) >= 11 is 0. The highest BCUT2D eigenvalue weighted by Gasteiger charge is 2.52. The first kappa shape index (κ1) is 41.4. The van der Waals surface area contributed by atoms with Crippen molar-refractivity contribution in [3.8, 4) is 0 Å². The SMILES string of the molecule is C[C@@H]1OC(OC(=O)CCC2=CCc3ccccc32)[C@H](OC(=O)CCc2c[nH]c3ccccc23)[C@H](OC(=O)CCc2c[nH]c3ccccc23)[C@H]1OC(=O)CCc1c[nH]c2ccccc12. The normalized spacial score (nSPS) is 19.4. The maximum absolute atomic E-state index is 13.9. The molecule has 0 bridgehead atoms. The number of fused-ring (bicyclic) bond motifs is 4. The molecule has 1 aliphatic heterocycles. The summed E-state index contributed by atoms with van der Waals surface area (Å²) in [6.45, 7) is 1.65. The first-order chi connectivity index (χ1) is 30.8. The second kappa shape index (κ2) is 18.6. The molecule has 2 aliphatic rings. The molecular weight excluding hydrogens is 799 g/mol. The Hall–Kier alpha value is -6.92. The van der Waals surface area contributed by atoms with E-state index in [2.05, 4.69) is 27.1 Å². The molecule has 1 saturated heterocycles. The van der Waals surface area contributed by atoms with Crippen LogP contribution in [0.2, 0.25) is 0 Å². The number of esters is 4. The Balaban J connectivity index is 0.958. The Morgan fingerprint density at radius 1 is 0.524 bits per heavy atom. The fourth-order valence-electron chi connectivity index (χ4n) is 8.86. The highest BCUT2D eigenvalue weighted by molar-refractivity contribution is 5.86. The van der Waals surface area contributed by atoms with Crippen molar-refractivity contribution in [2.45, 2.75) is 95.4 Å². The quantitative estimate of drug-likeness (QED) is 0.0638. The molecule has 4 heterocycles. The molecule has 3 N–H and O–H groups in total. The first-order valence-corrected chi connectivity index (χ1v) is 21.6. The van der Waals surface area contributed by atoms with E-state index in [4.69, 9.17) is 23.7 Å². The van der Waals surface area contributed by atoms with E-state index in [1.165, 1.54) is 5.56 Å². The summed E-state index contributed by atoms with van der Waals surface area (Å²) in [5, 5.41) is 2.96. The Morgan fingerprint density at radius 3 is 1.49 bits per heavy atom. The molecular formula is C51H49N3O9. The van der Waals surface area contributed by atoms with Crippen LogP contribution in [0.3, 0.4) is 0 Å². The molecule has 322 valence electrons. The number of aryl methyl sites for hydroxylation is 3. The summed E-state index contributed by atoms with van der Waals surface area (Å²) < 4.78 is 30.8. The molecule has 3 aromatic heterocycles. The zero-order valence-corrected chi connectivity index (χ0v) is 35.0. The van der Waals surface area contributed by atoms with E-state index in [9.17, 15) is 19.2 Å². The molecule has 63 heavy (non-hydrogen) atoms. The zero-order chi connectivity index (χ0) is 43.3. The maximum Gasteiger partial charge on any atom is 0.308 e. The Kier molecular flexibility index (Phi) is 12.2. The average molecular weight is 848 g/mol. The average Bonchev–Trinajstić information content (AvgIpc) is 4.11. The topological polar surface area (TPSA) is 162 Å². The van der Waals surface area contributed by atoms with Gasteiger partial charge in [0.2, 0.25) is 12.4 Å². The van der Waals surface area contributed by atoms with Gasteiger partial charge in [0.25, 0.3) is 0 Å². The summed E-state index contributed by atoms with van der Waals surface area (Å²) in [5.41, 5.74) is 8.97. The van der Waals surface area contributed by atoms with Crippen molar-refractivity contribution < 1.29 is 42.9 Å². The van der Waals surface area contributed by atoms with Crippen molar-refractivity contribution in [2.75, 3.05) is 0 Å². The second-order valence-electron chi connectivity index (χ2n) is 16.2. The highest BCUT2D eigenvalue weighted by atomic mass is 16.7. The van der Waals surface area contributed by atoms with E-state index in [0.717, 1.165) is 67.0 Å². The van der Waals surface area contributed by atoms with Crippen molar-refractivity contribution in [1.82, 2.24) is 15.0 Å². The van der Waals surface area contributed by atoms with Gasteiger partial charge in [-0.1, -0.05) is 84.9 Å². The van der Waals surface area contributed by atoms with Crippen LogP contribution in [0.25, 0.3) is 38.3 Å². The van der Waals surface area contributed by atoms with Gasteiger partial charge in [0.05, 0.1) is 6.10 Å². The molecule has 0 radical (unpaired) electrons. The number of rotatable bonds is 16. The lowest BCUT2D eigenvalue weighted by atomic mass is 9.98. The number of aromatic nitrogens is 3. The number of benzene rings is 4. The van der Waals surface area contributed by atoms with Gasteiger partial charge in [0, 0.05) is 77.0 Å². The largest absolute Gasteiger partial charge is 0.455 e. The van der Waals surface area contributed by atoms with Crippen molar-refractivity contribution in [3.05, 3.63) is 150 Å². The molecule has 12 nitrogen and oxygen atoms in total. The molecule has 5 atom stereocenters. The number of H-pyrrole nitrogens is 3. The minimum atomic E-state index is -1.47. The highest BCUT2D eigenvalue weighted by Crippen LogP contribution is 2.34. The molecule has 1 aliphatic carbocycles. The summed E-state index contributed by atoms with van der Waals surface area (Å²) in [6, 6.07) is 31.5. The zero-order valence-electron chi connectivity index (χ0n) is 35.0. The number of allylic oxidation sites excluding steroid dienone is 2. The number of para-hydroxylation sites is 3. The smallest absolute Gasteiger partial charge is 0.308 e. The lowest BCUT2D eigenvalue weighted by Gasteiger charge is -2.43. The summed E-state index contributed by atoms with van der Waals surface area (Å²) in [6.07, 6.45) is 3.50. The van der Waals surface area contributed by atoms with E-state index in [1.54, 1.807) is 6.92 Å². The molecule has 0 amide bonds. The standard InChI is InChI=1S/C51H49N3O9/c1-31-48(60-44(55)25-21-34-28-52-41-15-7-4-12-38(34)41)49(61-45(56)26-22-35-29-53-42-16-8-5-13-39(35)42)50(62-46(57)27-23-36-30-54-43-17-9-6-14-40(36)43)51(59-31)63-47(58)24-20-33-19-18-32-10-2-3-11-37(32)33/h2-17,19,28-31,48-54H,18,20-27H2,1H3/t31-,48-,49+,50+,51?/m0/s1. The van der Waals surface area contributed by atoms with Crippen LogP contribution in [0, 0.1) is 0 Å². The van der Waals surface area contributed by atoms with Gasteiger partial charge in [-0.2, -0.15) is 0 Å². The van der Waals surface area contributed by atoms with E-state index in [-0.39, 0.29) is 25.7 Å². The predicted molar refractivity (Wildman–Crippen MR) is 237 cm³/mol. The van der Waals surface area contributed by atoms with Crippen LogP contribution in [0.4, 0.5) is 0 Å². The third-order valence-electron chi connectivity index (χ3n) is 12.1. The van der Waals surface area contributed by atoms with Gasteiger partial charge in [-0.3, -0.25) is 19.2 Å². The van der Waals surface area contributed by atoms with Gasteiger partial charge in [-0.15, -0.1) is 0 Å². The van der Waals surface area contributed by atoms with Crippen molar-refractivity contribution in [2.24, 2.45) is 0 Å². The van der Waals surface area contributed by atoms with Crippen molar-refractivity contribution in [1.29, 1.82) is 0 Å². The van der Waals surface area contributed by atoms with Gasteiger partial charge in [-0.05, 0) is 90.6 Å². The molecule has 0 saturated carbocycles. The summed E-state index contributed by atoms with van der Waals surface area (Å²) in [7, 11) is 0. The monoisotopic (exact) mass is 847 g/mol. The van der Waals surface area contributed by atoms with Crippen LogP contribution in [0.15, 0.2) is 122 Å². The number of carbonyl (C=O) groups excluding carboxylic acids is 4.